The van der Waals surface area contributed by atoms with Crippen LogP contribution in [0.1, 0.15) is 24.5 Å². The molecule has 4 aliphatic rings. The highest BCUT2D eigenvalue weighted by molar-refractivity contribution is 5.96. The molecule has 8 atom stereocenters. The van der Waals surface area contributed by atoms with Crippen molar-refractivity contribution >= 4 is 29.8 Å². The third-order valence-electron chi connectivity index (χ3n) is 8.18. The van der Waals surface area contributed by atoms with E-state index in [0.29, 0.717) is 5.56 Å². The van der Waals surface area contributed by atoms with E-state index in [9.17, 15) is 24.3 Å². The first kappa shape index (κ1) is 30.1. The molecule has 42 heavy (non-hydrogen) atoms. The number of rotatable bonds is 10. The van der Waals surface area contributed by atoms with Crippen molar-refractivity contribution in [2.75, 3.05) is 34.0 Å². The van der Waals surface area contributed by atoms with Gasteiger partial charge in [0.25, 0.3) is 0 Å². The molecule has 4 N–H and O–H groups in total. The molecular formula is C28H36N4O10. The summed E-state index contributed by atoms with van der Waals surface area (Å²) in [6.07, 6.45) is -1.27. The van der Waals surface area contributed by atoms with E-state index < -0.39 is 65.8 Å². The van der Waals surface area contributed by atoms with Crippen molar-refractivity contribution in [2.45, 2.75) is 62.5 Å². The van der Waals surface area contributed by atoms with Crippen LogP contribution in [0.2, 0.25) is 0 Å². The van der Waals surface area contributed by atoms with E-state index in [1.165, 1.54) is 23.0 Å². The minimum Gasteiger partial charge on any atom is -0.458 e. The predicted octanol–water partition coefficient (Wildman–Crippen LogP) is -1.70. The molecule has 1 aromatic rings. The second-order valence-electron chi connectivity index (χ2n) is 11.1. The van der Waals surface area contributed by atoms with Crippen molar-refractivity contribution in [2.24, 2.45) is 5.41 Å². The predicted molar refractivity (Wildman–Crippen MR) is 144 cm³/mol. The highest BCUT2D eigenvalue weighted by atomic mass is 16.8. The van der Waals surface area contributed by atoms with Gasteiger partial charge < -0.3 is 40.0 Å². The average Bonchev–Trinajstić information content (AvgIpc) is 3.58. The van der Waals surface area contributed by atoms with Crippen LogP contribution in [0.3, 0.4) is 0 Å². The van der Waals surface area contributed by atoms with Gasteiger partial charge in [0.2, 0.25) is 17.7 Å². The molecule has 3 saturated heterocycles. The highest BCUT2D eigenvalue weighted by Crippen LogP contribution is 2.55. The summed E-state index contributed by atoms with van der Waals surface area (Å²) >= 11 is 0. The monoisotopic (exact) mass is 588 g/mol. The molecule has 4 fully saturated rings. The Bertz CT molecular complexity index is 1250. The van der Waals surface area contributed by atoms with Gasteiger partial charge in [-0.05, 0) is 24.1 Å². The van der Waals surface area contributed by atoms with E-state index in [-0.39, 0.29) is 38.8 Å². The molecule has 3 amide bonds. The number of amides is 3. The normalized spacial score (nSPS) is 31.3. The SMILES string of the molecule is CC(O)C(NC(=O)C12CC3OC(=O)C1N(Cc1ccccc1C=CC(=O)N(C)C)OC2C1OCOC31)C(=O)NCCO. The second kappa shape index (κ2) is 12.1. The van der Waals surface area contributed by atoms with Crippen molar-refractivity contribution in [3.05, 3.63) is 41.5 Å². The fourth-order valence-corrected chi connectivity index (χ4v) is 6.12. The minimum atomic E-state index is -1.54. The summed E-state index contributed by atoms with van der Waals surface area (Å²) in [5, 5.41) is 25.9. The molecule has 228 valence electrons. The number of nitrogens with zero attached hydrogens (tertiary/aromatic N) is 2. The quantitative estimate of drug-likeness (QED) is 0.181. The molecule has 14 heteroatoms. The zero-order valence-corrected chi connectivity index (χ0v) is 23.6. The van der Waals surface area contributed by atoms with Crippen LogP contribution >= 0.6 is 0 Å². The molecule has 8 unspecified atom stereocenters. The number of carbonyl (C=O) groups excluding carboxylic acids is 4. The van der Waals surface area contributed by atoms with E-state index >= 15 is 0 Å². The molecule has 1 saturated carbocycles. The topological polar surface area (TPSA) is 176 Å². The third-order valence-corrected chi connectivity index (χ3v) is 8.18. The molecular weight excluding hydrogens is 552 g/mol. The van der Waals surface area contributed by atoms with Gasteiger partial charge in [-0.3, -0.25) is 24.0 Å². The average molecular weight is 589 g/mol. The number of benzene rings is 1. The maximum Gasteiger partial charge on any atom is 0.327 e. The van der Waals surface area contributed by atoms with Crippen molar-refractivity contribution < 1.29 is 48.4 Å². The maximum atomic E-state index is 14.2. The lowest BCUT2D eigenvalue weighted by molar-refractivity contribution is -0.201. The van der Waals surface area contributed by atoms with Crippen LogP contribution in [0.4, 0.5) is 0 Å². The summed E-state index contributed by atoms with van der Waals surface area (Å²) in [6.45, 7) is 0.951. The van der Waals surface area contributed by atoms with Crippen LogP contribution in [0.15, 0.2) is 30.3 Å². The van der Waals surface area contributed by atoms with Crippen LogP contribution in [0.25, 0.3) is 6.08 Å². The van der Waals surface area contributed by atoms with Crippen molar-refractivity contribution in [3.8, 4) is 0 Å². The van der Waals surface area contributed by atoms with E-state index in [0.717, 1.165) is 5.56 Å². The molecule has 5 rings (SSSR count). The Hall–Kier alpha value is -3.40. The minimum absolute atomic E-state index is 0.0462. The zero-order chi connectivity index (χ0) is 30.2. The Balaban J connectivity index is 1.49. The van der Waals surface area contributed by atoms with Gasteiger partial charge in [-0.15, -0.1) is 0 Å². The molecule has 0 radical (unpaired) electrons. The number of likely N-dealkylation sites (N-methyl/N-ethyl adjacent to an activating group) is 1. The first-order valence-corrected chi connectivity index (χ1v) is 13.8. The first-order valence-electron chi connectivity index (χ1n) is 13.8. The third kappa shape index (κ3) is 5.29. The number of esters is 1. The summed E-state index contributed by atoms with van der Waals surface area (Å²) in [6, 6.07) is 4.69. The number of fused-ring (bicyclic) bond motifs is 4. The van der Waals surface area contributed by atoms with E-state index in [1.807, 2.05) is 24.3 Å². The number of hydroxylamine groups is 2. The fourth-order valence-electron chi connectivity index (χ4n) is 6.12. The van der Waals surface area contributed by atoms with Crippen LogP contribution in [-0.2, 0) is 44.8 Å². The Kier molecular flexibility index (Phi) is 8.64. The Morgan fingerprint density at radius 2 is 1.95 bits per heavy atom. The number of hydrogen-bond acceptors (Lipinski definition) is 11. The van der Waals surface area contributed by atoms with Gasteiger partial charge in [-0.1, -0.05) is 24.3 Å². The number of ether oxygens (including phenoxy) is 3. The largest absolute Gasteiger partial charge is 0.458 e. The van der Waals surface area contributed by atoms with Crippen molar-refractivity contribution in [1.82, 2.24) is 20.6 Å². The second-order valence-corrected chi connectivity index (χ2v) is 11.1. The van der Waals surface area contributed by atoms with E-state index in [2.05, 4.69) is 10.6 Å². The molecule has 1 aromatic carbocycles. The van der Waals surface area contributed by atoms with Crippen molar-refractivity contribution in [1.29, 1.82) is 0 Å². The molecule has 2 bridgehead atoms. The lowest BCUT2D eigenvalue weighted by Crippen LogP contribution is -2.71. The zero-order valence-electron chi connectivity index (χ0n) is 23.6. The summed E-state index contributed by atoms with van der Waals surface area (Å²) in [5.41, 5.74) is -0.111. The fraction of sp³-hybridized carbons (Fsp3) is 0.571. The van der Waals surface area contributed by atoms with Gasteiger partial charge in [-0.25, -0.2) is 0 Å². The van der Waals surface area contributed by atoms with E-state index in [4.69, 9.17) is 24.2 Å². The number of carbonyl (C=O) groups is 4. The van der Waals surface area contributed by atoms with Gasteiger partial charge >= 0.3 is 5.97 Å². The summed E-state index contributed by atoms with van der Waals surface area (Å²) in [5.74, 6) is -2.26. The van der Waals surface area contributed by atoms with Gasteiger partial charge in [0.15, 0.2) is 6.04 Å². The molecule has 3 heterocycles. The summed E-state index contributed by atoms with van der Waals surface area (Å²) in [4.78, 5) is 60.5. The molecule has 1 aliphatic carbocycles. The van der Waals surface area contributed by atoms with Gasteiger partial charge in [0.05, 0.1) is 19.3 Å². The highest BCUT2D eigenvalue weighted by Gasteiger charge is 2.74. The lowest BCUT2D eigenvalue weighted by Gasteiger charge is -2.49. The number of nitrogens with one attached hydrogen (secondary N) is 2. The molecule has 3 aliphatic heterocycles. The Morgan fingerprint density at radius 3 is 2.67 bits per heavy atom. The smallest absolute Gasteiger partial charge is 0.327 e. The molecule has 0 spiro atoms. The summed E-state index contributed by atoms with van der Waals surface area (Å²) < 4.78 is 17.3. The molecule has 14 nitrogen and oxygen atoms in total. The Labute approximate surface area is 242 Å². The lowest BCUT2D eigenvalue weighted by atomic mass is 9.62. The molecule has 0 aromatic heterocycles. The first-order chi connectivity index (χ1) is 20.1. The van der Waals surface area contributed by atoms with Gasteiger partial charge in [0, 0.05) is 33.1 Å². The number of aliphatic hydroxyl groups excluding tert-OH is 2. The van der Waals surface area contributed by atoms with Crippen LogP contribution in [0, 0.1) is 5.41 Å². The number of aliphatic hydroxyl groups is 2. The van der Waals surface area contributed by atoms with Crippen LogP contribution in [0.5, 0.6) is 0 Å². The van der Waals surface area contributed by atoms with Crippen LogP contribution in [-0.4, -0.2) is 121 Å². The maximum absolute atomic E-state index is 14.2. The Morgan fingerprint density at radius 1 is 1.21 bits per heavy atom. The van der Waals surface area contributed by atoms with Crippen molar-refractivity contribution in [3.63, 3.8) is 0 Å². The number of hydrogen-bond donors (Lipinski definition) is 4. The van der Waals surface area contributed by atoms with Crippen LogP contribution < -0.4 is 10.6 Å². The van der Waals surface area contributed by atoms with Gasteiger partial charge in [-0.2, -0.15) is 5.06 Å². The standard InChI is InChI=1S/C28H36N4O10/c1-15(34)20(25(36)29-10-11-33)30-27(38)28-12-18-21-22(40-14-39-21)24(28)42-32(23(28)26(37)41-18)13-17-7-5-4-6-16(17)8-9-19(35)31(2)3/h4-9,15,18,20-24,33-34H,10-14H2,1-3H3,(H,29,36)(H,30,38). The van der Waals surface area contributed by atoms with E-state index in [1.54, 1.807) is 20.2 Å². The summed E-state index contributed by atoms with van der Waals surface area (Å²) in [7, 11) is 3.29. The van der Waals surface area contributed by atoms with Gasteiger partial charge in [0.1, 0.15) is 42.7 Å².